The second kappa shape index (κ2) is 7.01. The number of benzene rings is 1. The zero-order valence-corrected chi connectivity index (χ0v) is 15.1. The van der Waals surface area contributed by atoms with Crippen molar-refractivity contribution in [3.8, 4) is 6.07 Å². The first-order chi connectivity index (χ1) is 14.3. The Balaban J connectivity index is 1.80. The van der Waals surface area contributed by atoms with Gasteiger partial charge in [0.2, 0.25) is 5.69 Å². The molecule has 1 saturated heterocycles. The fourth-order valence-electron chi connectivity index (χ4n) is 3.35. The number of nitriles is 1. The van der Waals surface area contributed by atoms with Crippen molar-refractivity contribution < 1.29 is 18.0 Å². The Morgan fingerprint density at radius 2 is 1.97 bits per heavy atom. The van der Waals surface area contributed by atoms with Crippen LogP contribution in [0.3, 0.4) is 0 Å². The van der Waals surface area contributed by atoms with Crippen LogP contribution >= 0.6 is 0 Å². The lowest BCUT2D eigenvalue weighted by Crippen LogP contribution is -2.34. The van der Waals surface area contributed by atoms with Gasteiger partial charge in [-0.05, 0) is 6.07 Å². The molecule has 4 rings (SSSR count). The summed E-state index contributed by atoms with van der Waals surface area (Å²) in [5, 5.41) is 11.1. The first kappa shape index (κ1) is 19.2. The van der Waals surface area contributed by atoms with Crippen LogP contribution < -0.4 is 9.80 Å². The van der Waals surface area contributed by atoms with Crippen LogP contribution in [0.1, 0.15) is 5.69 Å². The lowest BCUT2D eigenvalue weighted by Gasteiger charge is -2.21. The number of halogens is 3. The third-order valence-electron chi connectivity index (χ3n) is 4.72. The number of fused-ring (bicyclic) bond motifs is 1. The minimum absolute atomic E-state index is 0.0843. The molecule has 1 aliphatic rings. The van der Waals surface area contributed by atoms with Gasteiger partial charge in [0, 0.05) is 23.2 Å². The quantitative estimate of drug-likeness (QED) is 0.584. The summed E-state index contributed by atoms with van der Waals surface area (Å²) in [5.74, 6) is 0. The highest BCUT2D eigenvalue weighted by Gasteiger charge is 2.41. The van der Waals surface area contributed by atoms with E-state index in [1.807, 2.05) is 18.2 Å². The van der Waals surface area contributed by atoms with Crippen molar-refractivity contribution in [2.45, 2.75) is 12.2 Å². The van der Waals surface area contributed by atoms with E-state index in [4.69, 9.17) is 6.57 Å². The molecule has 0 N–H and O–H groups in total. The standard InChI is InChI=1S/C20H11F3N6O/c1-25-15-6-18(20(21,22)23)27-10-17(15)28-11-13(7-24)29(19(28)30)16-9-26-8-12-4-2-3-5-14(12)16/h2-6,8-10,13H,11H2/t13-/m0/s1. The maximum absolute atomic E-state index is 13.2. The third kappa shape index (κ3) is 3.05. The van der Waals surface area contributed by atoms with Gasteiger partial charge in [0.05, 0.1) is 36.8 Å². The summed E-state index contributed by atoms with van der Waals surface area (Å²) in [6.45, 7) is 7.11. The molecule has 2 aromatic heterocycles. The van der Waals surface area contributed by atoms with E-state index in [0.29, 0.717) is 17.1 Å². The van der Waals surface area contributed by atoms with Gasteiger partial charge in [0.15, 0.2) is 0 Å². The van der Waals surface area contributed by atoms with E-state index in [0.717, 1.165) is 16.5 Å². The molecule has 0 unspecified atom stereocenters. The van der Waals surface area contributed by atoms with Crippen LogP contribution in [-0.4, -0.2) is 28.6 Å². The highest BCUT2D eigenvalue weighted by molar-refractivity contribution is 6.12. The second-order valence-electron chi connectivity index (χ2n) is 6.46. The molecule has 2 amide bonds. The maximum atomic E-state index is 13.2. The third-order valence-corrected chi connectivity index (χ3v) is 4.72. The number of hydrogen-bond acceptors (Lipinski definition) is 4. The summed E-state index contributed by atoms with van der Waals surface area (Å²) in [6.07, 6.45) is -0.805. The van der Waals surface area contributed by atoms with Crippen LogP contribution in [0.5, 0.6) is 0 Å². The highest BCUT2D eigenvalue weighted by Crippen LogP contribution is 2.39. The summed E-state index contributed by atoms with van der Waals surface area (Å²) >= 11 is 0. The number of urea groups is 1. The minimum atomic E-state index is -4.72. The first-order valence-electron chi connectivity index (χ1n) is 8.63. The molecule has 7 nitrogen and oxygen atoms in total. The van der Waals surface area contributed by atoms with Crippen molar-refractivity contribution in [1.29, 1.82) is 5.26 Å². The predicted molar refractivity (Wildman–Crippen MR) is 102 cm³/mol. The molecule has 3 heterocycles. The van der Waals surface area contributed by atoms with Crippen molar-refractivity contribution >= 4 is 33.9 Å². The van der Waals surface area contributed by atoms with E-state index in [1.54, 1.807) is 18.3 Å². The van der Waals surface area contributed by atoms with Gasteiger partial charge in [-0.3, -0.25) is 19.8 Å². The second-order valence-corrected chi connectivity index (χ2v) is 6.46. The molecule has 0 spiro atoms. The molecule has 10 heteroatoms. The van der Waals surface area contributed by atoms with E-state index in [9.17, 15) is 23.2 Å². The van der Waals surface area contributed by atoms with Gasteiger partial charge in [-0.25, -0.2) is 9.64 Å². The lowest BCUT2D eigenvalue weighted by molar-refractivity contribution is -0.141. The zero-order chi connectivity index (χ0) is 21.5. The Hall–Kier alpha value is -4.18. The number of anilines is 2. The van der Waals surface area contributed by atoms with Crippen molar-refractivity contribution in [1.82, 2.24) is 9.97 Å². The van der Waals surface area contributed by atoms with Crippen LogP contribution in [-0.2, 0) is 6.18 Å². The predicted octanol–water partition coefficient (Wildman–Crippen LogP) is 4.54. The average Bonchev–Trinajstić information content (AvgIpc) is 3.08. The van der Waals surface area contributed by atoms with Crippen molar-refractivity contribution in [3.63, 3.8) is 0 Å². The fraction of sp³-hybridized carbons (Fsp3) is 0.150. The summed E-state index contributed by atoms with van der Waals surface area (Å²) in [7, 11) is 0. The van der Waals surface area contributed by atoms with Gasteiger partial charge in [-0.15, -0.1) is 0 Å². The molecule has 148 valence electrons. The van der Waals surface area contributed by atoms with E-state index < -0.39 is 23.9 Å². The van der Waals surface area contributed by atoms with Crippen LogP contribution in [0.2, 0.25) is 0 Å². The molecule has 1 atom stereocenters. The number of carbonyl (C=O) groups is 1. The van der Waals surface area contributed by atoms with Crippen LogP contribution in [0, 0.1) is 17.9 Å². The molecule has 1 aliphatic heterocycles. The van der Waals surface area contributed by atoms with Crippen LogP contribution in [0.15, 0.2) is 48.9 Å². The van der Waals surface area contributed by atoms with Gasteiger partial charge in [-0.2, -0.15) is 18.4 Å². The van der Waals surface area contributed by atoms with Gasteiger partial charge in [0.25, 0.3) is 0 Å². The monoisotopic (exact) mass is 408 g/mol. The van der Waals surface area contributed by atoms with E-state index in [2.05, 4.69) is 14.8 Å². The Bertz CT molecular complexity index is 1240. The van der Waals surface area contributed by atoms with E-state index in [1.165, 1.54) is 11.1 Å². The number of carbonyl (C=O) groups excluding carboxylic acids is 1. The number of hydrogen-bond donors (Lipinski definition) is 0. The SMILES string of the molecule is [C-]#[N+]c1cc(C(F)(F)F)ncc1N1C[C@H](C#N)N(c2cncc3ccccc23)C1=O. The zero-order valence-electron chi connectivity index (χ0n) is 15.1. The van der Waals surface area contributed by atoms with Crippen LogP contribution in [0.4, 0.5) is 35.0 Å². The van der Waals surface area contributed by atoms with Crippen molar-refractivity contribution in [2.24, 2.45) is 0 Å². The first-order valence-corrected chi connectivity index (χ1v) is 8.63. The topological polar surface area (TPSA) is 77.5 Å². The summed E-state index contributed by atoms with van der Waals surface area (Å²) < 4.78 is 38.8. The lowest BCUT2D eigenvalue weighted by atomic mass is 10.1. The number of aromatic nitrogens is 2. The molecule has 0 saturated carbocycles. The number of nitrogens with zero attached hydrogens (tertiary/aromatic N) is 6. The van der Waals surface area contributed by atoms with Gasteiger partial charge < -0.3 is 0 Å². The minimum Gasteiger partial charge on any atom is -0.299 e. The number of rotatable bonds is 2. The molecular formula is C20H11F3N6O. The van der Waals surface area contributed by atoms with Gasteiger partial charge in [0.1, 0.15) is 11.7 Å². The molecule has 30 heavy (non-hydrogen) atoms. The van der Waals surface area contributed by atoms with E-state index >= 15 is 0 Å². The smallest absolute Gasteiger partial charge is 0.299 e. The highest BCUT2D eigenvalue weighted by atomic mass is 19.4. The molecule has 0 aliphatic carbocycles. The Labute approximate surface area is 168 Å². The molecule has 1 fully saturated rings. The molecule has 3 aromatic rings. The largest absolute Gasteiger partial charge is 0.432 e. The van der Waals surface area contributed by atoms with Gasteiger partial charge >= 0.3 is 12.2 Å². The maximum Gasteiger partial charge on any atom is 0.432 e. The summed E-state index contributed by atoms with van der Waals surface area (Å²) in [4.78, 5) is 26.1. The molecule has 0 bridgehead atoms. The molecule has 0 radical (unpaired) electrons. The molecule has 1 aromatic carbocycles. The van der Waals surface area contributed by atoms with E-state index in [-0.39, 0.29) is 17.9 Å². The van der Waals surface area contributed by atoms with Gasteiger partial charge in [-0.1, -0.05) is 24.3 Å². The number of alkyl halides is 3. The Morgan fingerprint density at radius 1 is 1.20 bits per heavy atom. The van der Waals surface area contributed by atoms with Crippen molar-refractivity contribution in [2.75, 3.05) is 16.3 Å². The Kier molecular flexibility index (Phi) is 4.47. The van der Waals surface area contributed by atoms with Crippen LogP contribution in [0.25, 0.3) is 15.6 Å². The normalized spacial score (nSPS) is 16.6. The fourth-order valence-corrected chi connectivity index (χ4v) is 3.35. The average molecular weight is 408 g/mol. The Morgan fingerprint density at radius 3 is 2.67 bits per heavy atom. The number of pyridine rings is 2. The summed E-state index contributed by atoms with van der Waals surface area (Å²) in [6, 6.07) is 8.24. The summed E-state index contributed by atoms with van der Waals surface area (Å²) in [5.41, 5.74) is -1.29. The van der Waals surface area contributed by atoms with Crippen molar-refractivity contribution in [3.05, 3.63) is 66.0 Å². The number of amides is 2. The molecular weight excluding hydrogens is 397 g/mol.